The van der Waals surface area contributed by atoms with Gasteiger partial charge in [0.05, 0.1) is 4.92 Å². The molecule has 1 aliphatic rings. The summed E-state index contributed by atoms with van der Waals surface area (Å²) in [7, 11) is 0. The molecule has 1 aromatic carbocycles. The molecule has 1 aliphatic heterocycles. The summed E-state index contributed by atoms with van der Waals surface area (Å²) in [6, 6.07) is 13.3. The van der Waals surface area contributed by atoms with E-state index in [0.717, 1.165) is 26.2 Å². The molecule has 1 aromatic heterocycles. The average molecular weight is 299 g/mol. The van der Waals surface area contributed by atoms with Crippen LogP contribution in [-0.4, -0.2) is 36.1 Å². The Bertz CT molecular complexity index is 669. The van der Waals surface area contributed by atoms with Crippen LogP contribution in [-0.2, 0) is 0 Å². The lowest BCUT2D eigenvalue weighted by atomic mass is 10.2. The lowest BCUT2D eigenvalue weighted by Gasteiger charge is -2.36. The second-order valence-electron chi connectivity index (χ2n) is 5.14. The van der Waals surface area contributed by atoms with E-state index in [1.807, 2.05) is 18.2 Å². The molecule has 2 N–H and O–H groups in total. The van der Waals surface area contributed by atoms with Crippen molar-refractivity contribution in [2.75, 3.05) is 41.7 Å². The van der Waals surface area contributed by atoms with Crippen LogP contribution in [0.15, 0.2) is 42.5 Å². The van der Waals surface area contributed by atoms with E-state index in [1.54, 1.807) is 6.07 Å². The molecule has 0 atom stereocenters. The molecule has 7 nitrogen and oxygen atoms in total. The van der Waals surface area contributed by atoms with E-state index < -0.39 is 4.92 Å². The Morgan fingerprint density at radius 3 is 2.23 bits per heavy atom. The van der Waals surface area contributed by atoms with Crippen molar-refractivity contribution in [3.63, 3.8) is 0 Å². The van der Waals surface area contributed by atoms with E-state index in [0.29, 0.717) is 5.82 Å². The monoisotopic (exact) mass is 299 g/mol. The first-order valence-electron chi connectivity index (χ1n) is 7.11. The molecule has 0 radical (unpaired) electrons. The molecular weight excluding hydrogens is 282 g/mol. The van der Waals surface area contributed by atoms with Gasteiger partial charge in [-0.25, -0.2) is 4.98 Å². The fraction of sp³-hybridized carbons (Fsp3) is 0.267. The first-order chi connectivity index (χ1) is 10.6. The fourth-order valence-electron chi connectivity index (χ4n) is 2.62. The normalized spacial score (nSPS) is 14.9. The van der Waals surface area contributed by atoms with Crippen LogP contribution in [0.25, 0.3) is 0 Å². The molecule has 0 spiro atoms. The molecule has 0 bridgehead atoms. The second kappa shape index (κ2) is 5.88. The van der Waals surface area contributed by atoms with Crippen molar-refractivity contribution in [3.8, 4) is 0 Å². The van der Waals surface area contributed by atoms with E-state index in [-0.39, 0.29) is 11.5 Å². The molecule has 22 heavy (non-hydrogen) atoms. The maximum atomic E-state index is 10.8. The Hall–Kier alpha value is -2.83. The topological polar surface area (TPSA) is 88.5 Å². The van der Waals surface area contributed by atoms with Gasteiger partial charge in [0.1, 0.15) is 5.82 Å². The lowest BCUT2D eigenvalue weighted by Crippen LogP contribution is -2.46. The molecule has 2 aromatic rings. The van der Waals surface area contributed by atoms with Crippen LogP contribution < -0.4 is 15.5 Å². The van der Waals surface area contributed by atoms with Crippen LogP contribution in [0, 0.1) is 10.1 Å². The number of pyridine rings is 1. The van der Waals surface area contributed by atoms with Crippen molar-refractivity contribution in [2.24, 2.45) is 0 Å². The van der Waals surface area contributed by atoms with Gasteiger partial charge in [-0.1, -0.05) is 18.2 Å². The highest BCUT2D eigenvalue weighted by Gasteiger charge is 2.20. The minimum Gasteiger partial charge on any atom is -0.378 e. The van der Waals surface area contributed by atoms with Gasteiger partial charge in [-0.2, -0.15) is 0 Å². The number of piperazine rings is 1. The number of anilines is 3. The standard InChI is InChI=1S/C15H17N5O2/c16-15-13(20(21)22)6-7-14(17-15)19-10-8-18(9-11-19)12-4-2-1-3-5-12/h1-7H,8-11H2,(H2,16,17). The number of benzene rings is 1. The first-order valence-corrected chi connectivity index (χ1v) is 7.11. The maximum Gasteiger partial charge on any atom is 0.311 e. The van der Waals surface area contributed by atoms with E-state index in [2.05, 4.69) is 26.9 Å². The SMILES string of the molecule is Nc1nc(N2CCN(c3ccccc3)CC2)ccc1[N+](=O)[O-]. The lowest BCUT2D eigenvalue weighted by molar-refractivity contribution is -0.384. The number of nitrogens with zero attached hydrogens (tertiary/aromatic N) is 4. The van der Waals surface area contributed by atoms with Crippen molar-refractivity contribution < 1.29 is 4.92 Å². The number of hydrogen-bond donors (Lipinski definition) is 1. The third-order valence-electron chi connectivity index (χ3n) is 3.81. The largest absolute Gasteiger partial charge is 0.378 e. The Kier molecular flexibility index (Phi) is 3.78. The highest BCUT2D eigenvalue weighted by atomic mass is 16.6. The van der Waals surface area contributed by atoms with Crippen molar-refractivity contribution in [1.82, 2.24) is 4.98 Å². The van der Waals surface area contributed by atoms with Gasteiger partial charge < -0.3 is 15.5 Å². The van der Waals surface area contributed by atoms with Crippen LogP contribution >= 0.6 is 0 Å². The van der Waals surface area contributed by atoms with E-state index >= 15 is 0 Å². The smallest absolute Gasteiger partial charge is 0.311 e. The Labute approximate surface area is 128 Å². The highest BCUT2D eigenvalue weighted by molar-refractivity contribution is 5.58. The number of nitro groups is 1. The number of nitrogen functional groups attached to an aromatic ring is 1. The molecule has 2 heterocycles. The summed E-state index contributed by atoms with van der Waals surface area (Å²) in [6.07, 6.45) is 0. The molecule has 0 unspecified atom stereocenters. The van der Waals surface area contributed by atoms with E-state index in [1.165, 1.54) is 11.8 Å². The molecule has 0 aliphatic carbocycles. The van der Waals surface area contributed by atoms with Crippen molar-refractivity contribution in [1.29, 1.82) is 0 Å². The summed E-state index contributed by atoms with van der Waals surface area (Å²) in [5.41, 5.74) is 6.72. The van der Waals surface area contributed by atoms with Gasteiger partial charge in [0.25, 0.3) is 0 Å². The Balaban J connectivity index is 1.69. The molecule has 1 saturated heterocycles. The minimum absolute atomic E-state index is 0.0343. The van der Waals surface area contributed by atoms with Crippen LogP contribution in [0.3, 0.4) is 0 Å². The van der Waals surface area contributed by atoms with Gasteiger partial charge in [-0.15, -0.1) is 0 Å². The van der Waals surface area contributed by atoms with Crippen LogP contribution in [0.4, 0.5) is 23.0 Å². The summed E-state index contributed by atoms with van der Waals surface area (Å²) >= 11 is 0. The van der Waals surface area contributed by atoms with Crippen molar-refractivity contribution in [3.05, 3.63) is 52.6 Å². The third-order valence-corrected chi connectivity index (χ3v) is 3.81. The van der Waals surface area contributed by atoms with E-state index in [4.69, 9.17) is 5.73 Å². The zero-order chi connectivity index (χ0) is 15.5. The predicted molar refractivity (Wildman–Crippen MR) is 86.2 cm³/mol. The first kappa shape index (κ1) is 14.1. The Morgan fingerprint density at radius 1 is 1.00 bits per heavy atom. The maximum absolute atomic E-state index is 10.8. The van der Waals surface area contributed by atoms with Crippen LogP contribution in [0.5, 0.6) is 0 Å². The summed E-state index contributed by atoms with van der Waals surface area (Å²) in [6.45, 7) is 3.36. The highest BCUT2D eigenvalue weighted by Crippen LogP contribution is 2.24. The molecule has 0 saturated carbocycles. The predicted octanol–water partition coefficient (Wildman–Crippen LogP) is 1.90. The molecule has 3 rings (SSSR count). The van der Waals surface area contributed by atoms with Crippen LogP contribution in [0.2, 0.25) is 0 Å². The van der Waals surface area contributed by atoms with Gasteiger partial charge in [0, 0.05) is 37.9 Å². The molecule has 0 amide bonds. The third kappa shape index (κ3) is 2.78. The molecule has 1 fully saturated rings. The zero-order valence-electron chi connectivity index (χ0n) is 12.1. The van der Waals surface area contributed by atoms with Crippen molar-refractivity contribution >= 4 is 23.0 Å². The second-order valence-corrected chi connectivity index (χ2v) is 5.14. The average Bonchev–Trinajstić information content (AvgIpc) is 2.55. The fourth-order valence-corrected chi connectivity index (χ4v) is 2.62. The van der Waals surface area contributed by atoms with Gasteiger partial charge in [-0.3, -0.25) is 10.1 Å². The number of hydrogen-bond acceptors (Lipinski definition) is 6. The number of aromatic nitrogens is 1. The number of rotatable bonds is 3. The zero-order valence-corrected chi connectivity index (χ0v) is 12.1. The summed E-state index contributed by atoms with van der Waals surface area (Å²) in [5, 5.41) is 10.8. The summed E-state index contributed by atoms with van der Waals surface area (Å²) in [5.74, 6) is 0.656. The quantitative estimate of drug-likeness (QED) is 0.688. The molecular formula is C15H17N5O2. The van der Waals surface area contributed by atoms with Gasteiger partial charge in [0.15, 0.2) is 0 Å². The van der Waals surface area contributed by atoms with Crippen molar-refractivity contribution in [2.45, 2.75) is 0 Å². The van der Waals surface area contributed by atoms with Gasteiger partial charge in [0.2, 0.25) is 5.82 Å². The molecule has 7 heteroatoms. The van der Waals surface area contributed by atoms with Gasteiger partial charge in [-0.05, 0) is 18.2 Å². The molecule has 114 valence electrons. The van der Waals surface area contributed by atoms with Crippen LogP contribution in [0.1, 0.15) is 0 Å². The van der Waals surface area contributed by atoms with E-state index in [9.17, 15) is 10.1 Å². The summed E-state index contributed by atoms with van der Waals surface area (Å²) < 4.78 is 0. The number of para-hydroxylation sites is 1. The summed E-state index contributed by atoms with van der Waals surface area (Å²) in [4.78, 5) is 18.8. The Morgan fingerprint density at radius 2 is 1.64 bits per heavy atom. The van der Waals surface area contributed by atoms with Gasteiger partial charge >= 0.3 is 5.69 Å². The number of nitrogens with two attached hydrogens (primary N) is 1. The minimum atomic E-state index is -0.514.